The summed E-state index contributed by atoms with van der Waals surface area (Å²) in [5.41, 5.74) is 9.23. The summed E-state index contributed by atoms with van der Waals surface area (Å²) in [6.07, 6.45) is 12.9. The van der Waals surface area contributed by atoms with Gasteiger partial charge in [-0.2, -0.15) is 0 Å². The van der Waals surface area contributed by atoms with E-state index >= 15 is 0 Å². The highest BCUT2D eigenvalue weighted by Gasteiger charge is 2.67. The Morgan fingerprint density at radius 2 is 2.09 bits per heavy atom. The van der Waals surface area contributed by atoms with Gasteiger partial charge in [0.15, 0.2) is 11.7 Å². The topological polar surface area (TPSA) is 87.7 Å². The smallest absolute Gasteiger partial charge is 0.189 e. The Bertz CT molecular complexity index is 845. The molecule has 0 aromatic rings. The lowest BCUT2D eigenvalue weighted by Crippen LogP contribution is -2.56. The molecule has 7 heteroatoms. The van der Waals surface area contributed by atoms with E-state index in [1.165, 1.54) is 31.3 Å². The number of carbonyl (C=O) groups is 1. The molecule has 3 aliphatic carbocycles. The Morgan fingerprint density at radius 1 is 1.21 bits per heavy atom. The molecule has 4 N–H and O–H groups in total. The third-order valence-corrected chi connectivity index (χ3v) is 12.6. The van der Waals surface area contributed by atoms with Gasteiger partial charge in [0.1, 0.15) is 0 Å². The number of carbonyl (C=O) groups excluding carboxylic acids is 1. The molecule has 184 valence electrons. The van der Waals surface area contributed by atoms with Crippen molar-refractivity contribution < 1.29 is 9.90 Å². The van der Waals surface area contributed by atoms with E-state index < -0.39 is 0 Å². The average Bonchev–Trinajstić information content (AvgIpc) is 3.10. The van der Waals surface area contributed by atoms with Crippen molar-refractivity contribution in [2.45, 2.75) is 89.5 Å². The van der Waals surface area contributed by atoms with Crippen molar-refractivity contribution >= 4 is 33.3 Å². The number of unbranched alkanes of at least 4 members (excludes halogenated alkanes) is 1. The molecular formula is C26H41N3O2S2. The summed E-state index contributed by atoms with van der Waals surface area (Å²) in [6.45, 7) is 3.63. The number of aliphatic imine (C=N–C) groups is 1. The fourth-order valence-corrected chi connectivity index (χ4v) is 11.2. The molecule has 5 aliphatic rings. The van der Waals surface area contributed by atoms with Gasteiger partial charge in [-0.1, -0.05) is 40.5 Å². The Balaban J connectivity index is 1.47. The summed E-state index contributed by atoms with van der Waals surface area (Å²) in [6, 6.07) is 0. The highest BCUT2D eigenvalue weighted by Crippen LogP contribution is 2.74. The van der Waals surface area contributed by atoms with Crippen molar-refractivity contribution in [2.24, 2.45) is 33.4 Å². The first-order chi connectivity index (χ1) is 15.9. The first kappa shape index (κ1) is 24.1. The van der Waals surface area contributed by atoms with Crippen LogP contribution in [0.3, 0.4) is 0 Å². The first-order valence-corrected chi connectivity index (χ1v) is 15.6. The summed E-state index contributed by atoms with van der Waals surface area (Å²) in [5.74, 6) is 4.58. The highest BCUT2D eigenvalue weighted by atomic mass is 33.1. The number of Topliss-reactive ketones (excluding diaryl/α,β-unsaturated/α-hetero) is 1. The Kier molecular flexibility index (Phi) is 6.87. The molecule has 0 amide bonds. The predicted octanol–water partition coefficient (Wildman–Crippen LogP) is 4.84. The zero-order chi connectivity index (χ0) is 23.1. The van der Waals surface area contributed by atoms with E-state index in [0.717, 1.165) is 75.3 Å². The number of hydrogen-bond donors (Lipinski definition) is 3. The van der Waals surface area contributed by atoms with Crippen molar-refractivity contribution in [2.75, 3.05) is 24.7 Å². The van der Waals surface area contributed by atoms with Crippen molar-refractivity contribution in [3.8, 4) is 0 Å². The summed E-state index contributed by atoms with van der Waals surface area (Å²) in [4.78, 5) is 18.0. The minimum atomic E-state index is 0.00770. The number of aliphatic hydroxyl groups excluding tert-OH is 1. The Morgan fingerprint density at radius 3 is 2.91 bits per heavy atom. The van der Waals surface area contributed by atoms with E-state index in [1.807, 2.05) is 21.6 Å². The molecule has 5 bridgehead atoms. The number of aliphatic hydroxyl groups is 1. The normalized spacial score (nSPS) is 41.3. The Labute approximate surface area is 207 Å². The molecule has 5 atom stereocenters. The first-order valence-electron chi connectivity index (χ1n) is 13.1. The van der Waals surface area contributed by atoms with Gasteiger partial charge in [-0.25, -0.2) is 0 Å². The van der Waals surface area contributed by atoms with Crippen molar-refractivity contribution in [3.05, 3.63) is 11.1 Å². The molecule has 5 nitrogen and oxygen atoms in total. The monoisotopic (exact) mass is 491 g/mol. The molecule has 2 spiro atoms. The van der Waals surface area contributed by atoms with Crippen LogP contribution in [0.2, 0.25) is 0 Å². The molecule has 2 saturated carbocycles. The molecule has 0 unspecified atom stereocenters. The number of guanidine groups is 1. The molecule has 0 radical (unpaired) electrons. The van der Waals surface area contributed by atoms with Crippen LogP contribution in [0.5, 0.6) is 0 Å². The van der Waals surface area contributed by atoms with Crippen LogP contribution in [0.4, 0.5) is 0 Å². The number of ketones is 1. The fourth-order valence-electron chi connectivity index (χ4n) is 8.33. The lowest BCUT2D eigenvalue weighted by molar-refractivity contribution is -0.121. The predicted molar refractivity (Wildman–Crippen MR) is 139 cm³/mol. The van der Waals surface area contributed by atoms with E-state index in [9.17, 15) is 9.90 Å². The number of hydrogen-bond acceptors (Lipinski definition) is 7. The summed E-state index contributed by atoms with van der Waals surface area (Å²) in [5, 5.41) is 12.9. The van der Waals surface area contributed by atoms with Crippen molar-refractivity contribution in [1.82, 2.24) is 5.32 Å². The van der Waals surface area contributed by atoms with Crippen LogP contribution < -0.4 is 11.1 Å². The largest absolute Gasteiger partial charge is 0.396 e. The van der Waals surface area contributed by atoms with Gasteiger partial charge < -0.3 is 16.2 Å². The van der Waals surface area contributed by atoms with Crippen LogP contribution in [0.1, 0.15) is 84.0 Å². The maximum atomic E-state index is 13.6. The van der Waals surface area contributed by atoms with Gasteiger partial charge in [0, 0.05) is 36.5 Å². The third-order valence-electron chi connectivity index (χ3n) is 10.0. The minimum absolute atomic E-state index is 0.00770. The molecule has 33 heavy (non-hydrogen) atoms. The molecule has 2 fully saturated rings. The third kappa shape index (κ3) is 3.98. The van der Waals surface area contributed by atoms with Gasteiger partial charge >= 0.3 is 0 Å². The van der Waals surface area contributed by atoms with Crippen molar-refractivity contribution in [1.29, 1.82) is 0 Å². The second-order valence-electron chi connectivity index (χ2n) is 11.5. The zero-order valence-corrected chi connectivity index (χ0v) is 21.8. The van der Waals surface area contributed by atoms with Crippen LogP contribution in [0.25, 0.3) is 0 Å². The number of nitrogens with zero attached hydrogens (tertiary/aromatic N) is 1. The van der Waals surface area contributed by atoms with E-state index in [0.29, 0.717) is 17.7 Å². The number of nitrogens with two attached hydrogens (primary N) is 1. The maximum Gasteiger partial charge on any atom is 0.189 e. The number of allylic oxidation sites excluding steroid dienone is 2. The quantitative estimate of drug-likeness (QED) is 0.385. The van der Waals surface area contributed by atoms with E-state index in [-0.39, 0.29) is 23.0 Å². The van der Waals surface area contributed by atoms with Gasteiger partial charge in [-0.05, 0) is 87.0 Å². The van der Waals surface area contributed by atoms with Crippen LogP contribution in [-0.4, -0.2) is 47.0 Å². The van der Waals surface area contributed by atoms with Crippen LogP contribution in [0, 0.1) is 22.7 Å². The van der Waals surface area contributed by atoms with Crippen LogP contribution in [-0.2, 0) is 4.79 Å². The standard InChI is InChI=1S/C26H41N3O2S2/c1-24-11-14-32-33-17-25(10-12-28-23(27)29-25)9-4-6-20-21-15-19(24)8-7-18(5-2-3-13-30)26(21,24)16-22(20)31/h18-19,30H,2-17H2,1H3,(H3,27,28,29)/t18-,19-,24+,25+,26+/m1/s1. The lowest BCUT2D eigenvalue weighted by Gasteiger charge is -2.54. The zero-order valence-electron chi connectivity index (χ0n) is 20.2. The number of rotatable bonds is 4. The fraction of sp³-hybridized carbons (Fsp3) is 0.846. The van der Waals surface area contributed by atoms with E-state index in [1.54, 1.807) is 5.57 Å². The van der Waals surface area contributed by atoms with Crippen molar-refractivity contribution in [3.63, 3.8) is 0 Å². The van der Waals surface area contributed by atoms with Gasteiger partial charge in [-0.15, -0.1) is 0 Å². The minimum Gasteiger partial charge on any atom is -0.396 e. The SMILES string of the molecule is C[C@]12CCSSC[C@]3(CCCC4=C5C[C@H]1CC[C@@H](CCCCO)[C@@]52CC4=O)CCN=C(N)N3. The molecule has 0 aromatic heterocycles. The van der Waals surface area contributed by atoms with Crippen LogP contribution >= 0.6 is 21.6 Å². The second kappa shape index (κ2) is 9.42. The maximum absolute atomic E-state index is 13.6. The molecular weight excluding hydrogens is 450 g/mol. The van der Waals surface area contributed by atoms with Gasteiger partial charge in [0.2, 0.25) is 0 Å². The lowest BCUT2D eigenvalue weighted by atomic mass is 9.50. The summed E-state index contributed by atoms with van der Waals surface area (Å²) in [7, 11) is 4.03. The summed E-state index contributed by atoms with van der Waals surface area (Å²) < 4.78 is 0. The number of nitrogens with one attached hydrogen (secondary N) is 1. The van der Waals surface area contributed by atoms with E-state index in [2.05, 4.69) is 17.2 Å². The molecule has 0 saturated heterocycles. The molecule has 5 rings (SSSR count). The van der Waals surface area contributed by atoms with Gasteiger partial charge in [0.25, 0.3) is 0 Å². The molecule has 2 aliphatic heterocycles. The average molecular weight is 492 g/mol. The highest BCUT2D eigenvalue weighted by molar-refractivity contribution is 8.76. The molecule has 2 heterocycles. The van der Waals surface area contributed by atoms with Crippen LogP contribution in [0.15, 0.2) is 16.1 Å². The summed E-state index contributed by atoms with van der Waals surface area (Å²) >= 11 is 0. The Hall–Kier alpha value is -0.660. The van der Waals surface area contributed by atoms with Gasteiger partial charge in [0.05, 0.1) is 5.54 Å². The van der Waals surface area contributed by atoms with Gasteiger partial charge in [-0.3, -0.25) is 9.79 Å². The second-order valence-corrected chi connectivity index (χ2v) is 14.0. The van der Waals surface area contributed by atoms with E-state index in [4.69, 9.17) is 5.73 Å². The molecule has 0 aromatic carbocycles.